The number of halogens is 2. The van der Waals surface area contributed by atoms with Gasteiger partial charge in [0.15, 0.2) is 0 Å². The number of ether oxygens (including phenoxy) is 1. The first kappa shape index (κ1) is 16.2. The number of aryl methyl sites for hydroxylation is 1. The Morgan fingerprint density at radius 3 is 2.82 bits per heavy atom. The smallest absolute Gasteiger partial charge is 0.387 e. The highest BCUT2D eigenvalue weighted by molar-refractivity contribution is 7.98. The maximum atomic E-state index is 12.2. The van der Waals surface area contributed by atoms with Crippen LogP contribution in [0.5, 0.6) is 5.75 Å². The van der Waals surface area contributed by atoms with Gasteiger partial charge in [0.1, 0.15) is 11.9 Å². The Hall–Kier alpha value is -2.22. The van der Waals surface area contributed by atoms with Crippen LogP contribution in [0, 0.1) is 17.0 Å². The third kappa shape index (κ3) is 4.39. The third-order valence-electron chi connectivity index (χ3n) is 2.73. The minimum absolute atomic E-state index is 0.0609. The van der Waals surface area contributed by atoms with Gasteiger partial charge < -0.3 is 4.74 Å². The van der Waals surface area contributed by atoms with E-state index in [4.69, 9.17) is 0 Å². The van der Waals surface area contributed by atoms with Gasteiger partial charge in [0.2, 0.25) is 0 Å². The maximum absolute atomic E-state index is 12.2. The number of alkyl halides is 2. The largest absolute Gasteiger partial charge is 0.435 e. The monoisotopic (exact) mass is 326 g/mol. The predicted molar refractivity (Wildman–Crippen MR) is 78.3 cm³/mol. The zero-order valence-corrected chi connectivity index (χ0v) is 12.3. The van der Waals surface area contributed by atoms with Crippen LogP contribution in [0.25, 0.3) is 0 Å². The van der Waals surface area contributed by atoms with E-state index in [1.807, 2.05) is 0 Å². The second kappa shape index (κ2) is 7.17. The number of benzene rings is 1. The molecule has 2 aromatic rings. The number of pyridine rings is 1. The van der Waals surface area contributed by atoms with Gasteiger partial charge in [-0.2, -0.15) is 8.78 Å². The molecule has 0 spiro atoms. The molecule has 0 aliphatic carbocycles. The van der Waals surface area contributed by atoms with E-state index in [1.165, 1.54) is 36.2 Å². The molecule has 2 rings (SSSR count). The lowest BCUT2D eigenvalue weighted by Crippen LogP contribution is -2.01. The van der Waals surface area contributed by atoms with E-state index < -0.39 is 11.5 Å². The van der Waals surface area contributed by atoms with E-state index in [0.29, 0.717) is 16.3 Å². The van der Waals surface area contributed by atoms with Crippen molar-refractivity contribution in [1.82, 2.24) is 4.98 Å². The summed E-state index contributed by atoms with van der Waals surface area (Å²) >= 11 is 1.37. The van der Waals surface area contributed by atoms with Gasteiger partial charge in [-0.25, -0.2) is 4.98 Å². The van der Waals surface area contributed by atoms with Gasteiger partial charge in [-0.15, -0.1) is 11.8 Å². The van der Waals surface area contributed by atoms with Crippen molar-refractivity contribution in [3.8, 4) is 5.75 Å². The van der Waals surface area contributed by atoms with Crippen molar-refractivity contribution in [2.24, 2.45) is 0 Å². The fourth-order valence-electron chi connectivity index (χ4n) is 1.76. The van der Waals surface area contributed by atoms with Crippen LogP contribution in [0.2, 0.25) is 0 Å². The summed E-state index contributed by atoms with van der Waals surface area (Å²) in [7, 11) is 0. The van der Waals surface area contributed by atoms with Crippen molar-refractivity contribution in [3.63, 3.8) is 0 Å². The molecule has 1 aromatic carbocycles. The Bertz CT molecular complexity index is 683. The van der Waals surface area contributed by atoms with E-state index in [-0.39, 0.29) is 11.4 Å². The minimum Gasteiger partial charge on any atom is -0.435 e. The number of nitrogens with zero attached hydrogens (tertiary/aromatic N) is 2. The molecule has 0 radical (unpaired) electrons. The predicted octanol–water partition coefficient (Wildman–Crippen LogP) is 4.19. The van der Waals surface area contributed by atoms with Gasteiger partial charge in [-0.1, -0.05) is 12.1 Å². The number of rotatable bonds is 6. The Kier molecular flexibility index (Phi) is 5.26. The molecule has 1 heterocycles. The van der Waals surface area contributed by atoms with Crippen LogP contribution in [0.1, 0.15) is 11.1 Å². The molecule has 116 valence electrons. The number of nitro groups is 1. The average Bonchev–Trinajstić information content (AvgIpc) is 2.45. The van der Waals surface area contributed by atoms with Gasteiger partial charge >= 0.3 is 6.61 Å². The van der Waals surface area contributed by atoms with Crippen molar-refractivity contribution in [2.75, 3.05) is 0 Å². The Balaban J connectivity index is 2.05. The summed E-state index contributed by atoms with van der Waals surface area (Å²) in [6.45, 7) is -1.12. The number of thioether (sulfide) groups is 1. The Morgan fingerprint density at radius 2 is 2.18 bits per heavy atom. The third-order valence-corrected chi connectivity index (χ3v) is 3.90. The summed E-state index contributed by atoms with van der Waals surface area (Å²) in [5.74, 6) is 0.591. The molecule has 0 aliphatic rings. The average molecular weight is 326 g/mol. The van der Waals surface area contributed by atoms with Gasteiger partial charge in [-0.05, 0) is 30.2 Å². The summed E-state index contributed by atoms with van der Waals surface area (Å²) in [6, 6.07) is 7.84. The van der Waals surface area contributed by atoms with Crippen molar-refractivity contribution >= 4 is 17.4 Å². The van der Waals surface area contributed by atoms with Crippen LogP contribution in [0.15, 0.2) is 41.6 Å². The van der Waals surface area contributed by atoms with E-state index in [0.717, 1.165) is 5.56 Å². The van der Waals surface area contributed by atoms with Crippen LogP contribution in [0.4, 0.5) is 14.5 Å². The second-order valence-corrected chi connectivity index (χ2v) is 5.35. The zero-order chi connectivity index (χ0) is 16.1. The Labute approximate surface area is 129 Å². The fourth-order valence-corrected chi connectivity index (χ4v) is 2.66. The van der Waals surface area contributed by atoms with Gasteiger partial charge in [0, 0.05) is 11.8 Å². The van der Waals surface area contributed by atoms with Crippen molar-refractivity contribution in [1.29, 1.82) is 0 Å². The lowest BCUT2D eigenvalue weighted by atomic mass is 10.2. The topological polar surface area (TPSA) is 65.3 Å². The van der Waals surface area contributed by atoms with E-state index in [2.05, 4.69) is 9.72 Å². The summed E-state index contributed by atoms with van der Waals surface area (Å²) in [6.07, 6.45) is 1.20. The lowest BCUT2D eigenvalue weighted by molar-refractivity contribution is -0.385. The molecule has 0 fully saturated rings. The van der Waals surface area contributed by atoms with Crippen LogP contribution >= 0.6 is 11.8 Å². The molecule has 22 heavy (non-hydrogen) atoms. The van der Waals surface area contributed by atoms with Gasteiger partial charge in [-0.3, -0.25) is 10.1 Å². The molecule has 0 bridgehead atoms. The van der Waals surface area contributed by atoms with E-state index in [1.54, 1.807) is 19.1 Å². The molecular weight excluding hydrogens is 314 g/mol. The zero-order valence-electron chi connectivity index (χ0n) is 11.5. The molecule has 8 heteroatoms. The number of hydrogen-bond acceptors (Lipinski definition) is 5. The fraction of sp³-hybridized carbons (Fsp3) is 0.214. The summed E-state index contributed by atoms with van der Waals surface area (Å²) in [4.78, 5) is 14.2. The van der Waals surface area contributed by atoms with Crippen LogP contribution in [-0.4, -0.2) is 16.5 Å². The highest BCUT2D eigenvalue weighted by Crippen LogP contribution is 2.27. The van der Waals surface area contributed by atoms with E-state index >= 15 is 0 Å². The molecule has 0 N–H and O–H groups in total. The SMILES string of the molecule is Cc1cc([N+](=O)[O-])cnc1SCc1cccc(OC(F)F)c1. The first-order valence-electron chi connectivity index (χ1n) is 6.23. The van der Waals surface area contributed by atoms with Crippen LogP contribution in [-0.2, 0) is 5.75 Å². The summed E-state index contributed by atoms with van der Waals surface area (Å²) in [5, 5.41) is 11.3. The molecule has 0 saturated carbocycles. The first-order chi connectivity index (χ1) is 10.5. The van der Waals surface area contributed by atoms with Crippen LogP contribution < -0.4 is 4.74 Å². The molecule has 5 nitrogen and oxygen atoms in total. The number of hydrogen-bond donors (Lipinski definition) is 0. The summed E-state index contributed by atoms with van der Waals surface area (Å²) in [5.41, 5.74) is 1.43. The van der Waals surface area contributed by atoms with E-state index in [9.17, 15) is 18.9 Å². The maximum Gasteiger partial charge on any atom is 0.387 e. The standard InChI is InChI=1S/C14H12F2N2O3S/c1-9-5-11(18(19)20)7-17-13(9)22-8-10-3-2-4-12(6-10)21-14(15)16/h2-7,14H,8H2,1H3. The quantitative estimate of drug-likeness (QED) is 0.452. The Morgan fingerprint density at radius 1 is 1.41 bits per heavy atom. The van der Waals surface area contributed by atoms with Crippen molar-refractivity contribution < 1.29 is 18.4 Å². The molecule has 0 saturated heterocycles. The first-order valence-corrected chi connectivity index (χ1v) is 7.22. The molecule has 0 aliphatic heterocycles. The molecule has 0 unspecified atom stereocenters. The molecule has 0 atom stereocenters. The van der Waals surface area contributed by atoms with Crippen molar-refractivity contribution in [2.45, 2.75) is 24.3 Å². The molecular formula is C14H12F2N2O3S. The molecule has 1 aromatic heterocycles. The minimum atomic E-state index is -2.86. The second-order valence-electron chi connectivity index (χ2n) is 4.39. The van der Waals surface area contributed by atoms with Crippen molar-refractivity contribution in [3.05, 3.63) is 57.8 Å². The van der Waals surface area contributed by atoms with Gasteiger partial charge in [0.25, 0.3) is 5.69 Å². The summed E-state index contributed by atoms with van der Waals surface area (Å²) < 4.78 is 28.7. The highest BCUT2D eigenvalue weighted by Gasteiger charge is 2.10. The molecule has 0 amide bonds. The lowest BCUT2D eigenvalue weighted by Gasteiger charge is -2.07. The normalized spacial score (nSPS) is 10.7. The number of aromatic nitrogens is 1. The highest BCUT2D eigenvalue weighted by atomic mass is 32.2. The van der Waals surface area contributed by atoms with Crippen LogP contribution in [0.3, 0.4) is 0 Å². The van der Waals surface area contributed by atoms with Gasteiger partial charge in [0.05, 0.1) is 9.95 Å².